The number of hydrogen-bond donors (Lipinski definition) is 4. The molecule has 0 aromatic heterocycles. The summed E-state index contributed by atoms with van der Waals surface area (Å²) in [5, 5.41) is 20.3. The average molecular weight is 559 g/mol. The van der Waals surface area contributed by atoms with Crippen LogP contribution >= 0.6 is 24.0 Å². The number of guanidine groups is 1. The van der Waals surface area contributed by atoms with Crippen molar-refractivity contribution < 1.29 is 14.6 Å². The molecule has 4 N–H and O–H groups in total. The van der Waals surface area contributed by atoms with Crippen LogP contribution in [0.3, 0.4) is 0 Å². The van der Waals surface area contributed by atoms with Crippen molar-refractivity contribution in [3.05, 3.63) is 29.8 Å². The Bertz CT molecular complexity index is 749. The van der Waals surface area contributed by atoms with E-state index >= 15 is 0 Å². The van der Waals surface area contributed by atoms with Crippen LogP contribution in [-0.2, 0) is 16.1 Å². The predicted molar refractivity (Wildman–Crippen MR) is 139 cm³/mol. The lowest BCUT2D eigenvalue weighted by Crippen LogP contribution is -2.52. The van der Waals surface area contributed by atoms with Crippen molar-refractivity contribution in [2.75, 3.05) is 51.3 Å². The van der Waals surface area contributed by atoms with Crippen LogP contribution in [0.25, 0.3) is 0 Å². The summed E-state index contributed by atoms with van der Waals surface area (Å²) in [6, 6.07) is 7.82. The summed E-state index contributed by atoms with van der Waals surface area (Å²) in [5.74, 6) is 0.939. The number of carbonyl (C=O) groups excluding carboxylic acids is 1. The number of ether oxygens (including phenoxy) is 1. The van der Waals surface area contributed by atoms with Crippen molar-refractivity contribution in [1.29, 1.82) is 0 Å². The number of aliphatic hydroxyl groups is 1. The van der Waals surface area contributed by atoms with E-state index in [2.05, 4.69) is 25.8 Å². The second-order valence-corrected chi connectivity index (χ2v) is 8.75. The molecule has 1 atom stereocenters. The first-order chi connectivity index (χ1) is 14.9. The lowest BCUT2D eigenvalue weighted by atomic mass is 9.85. The number of nitrogens with zero attached hydrogens (tertiary/aromatic N) is 2. The molecule has 1 saturated carbocycles. The summed E-state index contributed by atoms with van der Waals surface area (Å²) in [4.78, 5) is 19.1. The van der Waals surface area contributed by atoms with Crippen LogP contribution in [0.1, 0.15) is 38.7 Å². The molecule has 1 aromatic carbocycles. The molecule has 2 fully saturated rings. The van der Waals surface area contributed by atoms with Gasteiger partial charge >= 0.3 is 0 Å². The van der Waals surface area contributed by atoms with E-state index in [4.69, 9.17) is 4.74 Å². The minimum atomic E-state index is -0.876. The maximum atomic E-state index is 12.2. The van der Waals surface area contributed by atoms with E-state index in [9.17, 15) is 9.90 Å². The number of halogens is 1. The molecule has 2 aliphatic rings. The van der Waals surface area contributed by atoms with E-state index in [0.29, 0.717) is 38.8 Å². The van der Waals surface area contributed by atoms with Crippen LogP contribution in [-0.4, -0.2) is 73.4 Å². The predicted octanol–water partition coefficient (Wildman–Crippen LogP) is 2.18. The van der Waals surface area contributed by atoms with Crippen molar-refractivity contribution in [3.8, 4) is 0 Å². The fourth-order valence-electron chi connectivity index (χ4n) is 3.75. The molecule has 9 heteroatoms. The van der Waals surface area contributed by atoms with E-state index in [1.54, 1.807) is 0 Å². The SMILES string of the molecule is CCNC(=NCc1cccc(NC(=O)C2CCC2)c1)NCC(C)(O)CN1CCOCC1.I. The Balaban J connectivity index is 0.00000363. The molecule has 3 rings (SSSR count). The summed E-state index contributed by atoms with van der Waals surface area (Å²) < 4.78 is 5.38. The lowest BCUT2D eigenvalue weighted by Gasteiger charge is -2.34. The van der Waals surface area contributed by atoms with Crippen LogP contribution in [0.15, 0.2) is 29.3 Å². The third-order valence-corrected chi connectivity index (χ3v) is 5.74. The van der Waals surface area contributed by atoms with E-state index in [1.807, 2.05) is 38.1 Å². The quantitative estimate of drug-likeness (QED) is 0.211. The van der Waals surface area contributed by atoms with Crippen molar-refractivity contribution in [2.45, 2.75) is 45.3 Å². The molecule has 0 bridgehead atoms. The molecular weight excluding hydrogens is 521 g/mol. The fraction of sp³-hybridized carbons (Fsp3) is 0.652. The van der Waals surface area contributed by atoms with Gasteiger partial charge in [0.1, 0.15) is 0 Å². The minimum Gasteiger partial charge on any atom is -0.387 e. The normalized spacial score (nSPS) is 19.3. The van der Waals surface area contributed by atoms with Crippen molar-refractivity contribution in [2.24, 2.45) is 10.9 Å². The Labute approximate surface area is 208 Å². The topological polar surface area (TPSA) is 98.2 Å². The number of hydrogen-bond acceptors (Lipinski definition) is 5. The molecule has 32 heavy (non-hydrogen) atoms. The molecule has 1 heterocycles. The number of amides is 1. The number of carbonyl (C=O) groups is 1. The van der Waals surface area contributed by atoms with Gasteiger partial charge in [0.25, 0.3) is 0 Å². The Morgan fingerprint density at radius 2 is 2.03 bits per heavy atom. The van der Waals surface area contributed by atoms with Gasteiger partial charge in [0.2, 0.25) is 5.91 Å². The van der Waals surface area contributed by atoms with Gasteiger partial charge < -0.3 is 25.8 Å². The van der Waals surface area contributed by atoms with Gasteiger partial charge in [0.05, 0.1) is 25.4 Å². The van der Waals surface area contributed by atoms with E-state index in [1.165, 1.54) is 0 Å². The minimum absolute atomic E-state index is 0. The number of morpholine rings is 1. The van der Waals surface area contributed by atoms with Crippen LogP contribution in [0.4, 0.5) is 5.69 Å². The molecule has 8 nitrogen and oxygen atoms in total. The number of nitrogens with one attached hydrogen (secondary N) is 3. The number of β-amino-alcohol motifs (C(OH)–C–C–N with tert-alkyl or cyclic N) is 1. The van der Waals surface area contributed by atoms with Gasteiger partial charge in [-0.1, -0.05) is 18.6 Å². The zero-order chi connectivity index (χ0) is 22.1. The third-order valence-electron chi connectivity index (χ3n) is 5.74. The van der Waals surface area contributed by atoms with Gasteiger partial charge in [-0.3, -0.25) is 9.69 Å². The highest BCUT2D eigenvalue weighted by molar-refractivity contribution is 14.0. The van der Waals surface area contributed by atoms with E-state index in [-0.39, 0.29) is 35.8 Å². The zero-order valence-electron chi connectivity index (χ0n) is 19.2. The molecule has 0 spiro atoms. The lowest BCUT2D eigenvalue weighted by molar-refractivity contribution is -0.122. The van der Waals surface area contributed by atoms with Crippen LogP contribution in [0.2, 0.25) is 0 Å². The maximum Gasteiger partial charge on any atom is 0.227 e. The summed E-state index contributed by atoms with van der Waals surface area (Å²) >= 11 is 0. The van der Waals surface area contributed by atoms with Crippen molar-refractivity contribution >= 4 is 41.5 Å². The smallest absolute Gasteiger partial charge is 0.227 e. The second kappa shape index (κ2) is 13.3. The Hall–Kier alpha value is -1.43. The first-order valence-electron chi connectivity index (χ1n) is 11.4. The van der Waals surface area contributed by atoms with Gasteiger partial charge in [-0.05, 0) is 44.4 Å². The zero-order valence-corrected chi connectivity index (χ0v) is 21.6. The highest BCUT2D eigenvalue weighted by Gasteiger charge is 2.26. The molecule has 1 aliphatic heterocycles. The van der Waals surface area contributed by atoms with Gasteiger partial charge in [-0.25, -0.2) is 4.99 Å². The number of rotatable bonds is 9. The van der Waals surface area contributed by atoms with Gasteiger partial charge in [0.15, 0.2) is 5.96 Å². The molecule has 1 aliphatic carbocycles. The highest BCUT2D eigenvalue weighted by Crippen LogP contribution is 2.27. The monoisotopic (exact) mass is 559 g/mol. The van der Waals surface area contributed by atoms with Crippen LogP contribution in [0.5, 0.6) is 0 Å². The van der Waals surface area contributed by atoms with Gasteiger partial charge in [-0.2, -0.15) is 0 Å². The standard InChI is InChI=1S/C23H37N5O3.HI/c1-3-24-22(26-16-23(2,30)17-28-10-12-31-13-11-28)25-15-18-6-4-9-20(14-18)27-21(29)19-7-5-8-19;/h4,6,9,14,19,30H,3,5,7-8,10-13,15-17H2,1-2H3,(H,27,29)(H2,24,25,26);1H. The first-order valence-corrected chi connectivity index (χ1v) is 11.4. The van der Waals surface area contributed by atoms with Crippen molar-refractivity contribution in [1.82, 2.24) is 15.5 Å². The van der Waals surface area contributed by atoms with E-state index in [0.717, 1.165) is 50.1 Å². The molecular formula is C23H38IN5O3. The molecule has 1 aromatic rings. The largest absolute Gasteiger partial charge is 0.387 e. The molecule has 1 amide bonds. The maximum absolute atomic E-state index is 12.2. The van der Waals surface area contributed by atoms with Crippen LogP contribution < -0.4 is 16.0 Å². The molecule has 1 unspecified atom stereocenters. The van der Waals surface area contributed by atoms with Crippen LogP contribution in [0, 0.1) is 5.92 Å². The van der Waals surface area contributed by atoms with E-state index < -0.39 is 5.60 Å². The fourth-order valence-corrected chi connectivity index (χ4v) is 3.75. The number of benzene rings is 1. The molecule has 1 saturated heterocycles. The van der Waals surface area contributed by atoms with Gasteiger partial charge in [-0.15, -0.1) is 24.0 Å². The summed E-state index contributed by atoms with van der Waals surface area (Å²) in [5.41, 5.74) is 0.957. The first kappa shape index (κ1) is 26.8. The third kappa shape index (κ3) is 8.84. The number of anilines is 1. The molecule has 180 valence electrons. The Morgan fingerprint density at radius 3 is 2.69 bits per heavy atom. The number of aliphatic imine (C=N–C) groups is 1. The summed E-state index contributed by atoms with van der Waals surface area (Å²) in [7, 11) is 0. The summed E-state index contributed by atoms with van der Waals surface area (Å²) in [6.45, 7) is 9.17. The van der Waals surface area contributed by atoms with Crippen molar-refractivity contribution in [3.63, 3.8) is 0 Å². The Kier molecular flexibility index (Phi) is 11.2. The highest BCUT2D eigenvalue weighted by atomic mass is 127. The van der Waals surface area contributed by atoms with Gasteiger partial charge in [0, 0.05) is 44.3 Å². The molecule has 0 radical (unpaired) electrons. The Morgan fingerprint density at radius 1 is 1.28 bits per heavy atom. The summed E-state index contributed by atoms with van der Waals surface area (Å²) in [6.07, 6.45) is 3.12. The average Bonchev–Trinajstić information content (AvgIpc) is 2.69. The second-order valence-electron chi connectivity index (χ2n) is 8.75.